The van der Waals surface area contributed by atoms with E-state index in [0.29, 0.717) is 13.0 Å². The van der Waals surface area contributed by atoms with Gasteiger partial charge in [0.05, 0.1) is 0 Å². The van der Waals surface area contributed by atoms with Gasteiger partial charge in [-0.25, -0.2) is 4.39 Å². The first kappa shape index (κ1) is 20.6. The minimum atomic E-state index is -0.272. The number of nitrogens with one attached hydrogen (secondary N) is 1. The van der Waals surface area contributed by atoms with Gasteiger partial charge in [-0.15, -0.1) is 0 Å². The average Bonchev–Trinajstić information content (AvgIpc) is 3.40. The summed E-state index contributed by atoms with van der Waals surface area (Å²) in [6.45, 7) is 6.75. The molecule has 1 aliphatic rings. The van der Waals surface area contributed by atoms with Crippen LogP contribution in [0.25, 0.3) is 10.9 Å². The molecule has 1 amide bonds. The molecule has 5 heteroatoms. The van der Waals surface area contributed by atoms with Crippen LogP contribution in [-0.2, 0) is 11.3 Å². The van der Waals surface area contributed by atoms with Crippen LogP contribution in [0.1, 0.15) is 43.2 Å². The smallest absolute Gasteiger partial charge is 0.220 e. The van der Waals surface area contributed by atoms with Gasteiger partial charge in [0.15, 0.2) is 0 Å². The molecule has 1 fully saturated rings. The average molecular weight is 408 g/mol. The van der Waals surface area contributed by atoms with Gasteiger partial charge in [0.2, 0.25) is 5.91 Å². The molecule has 0 unspecified atom stereocenters. The summed E-state index contributed by atoms with van der Waals surface area (Å²) >= 11 is 0. The molecule has 4 nitrogen and oxygen atoms in total. The van der Waals surface area contributed by atoms with E-state index < -0.39 is 0 Å². The predicted octanol–water partition coefficient (Wildman–Crippen LogP) is 4.53. The largest absolute Gasteiger partial charge is 0.355 e. The Kier molecular flexibility index (Phi) is 6.48. The number of hydrogen-bond acceptors (Lipinski definition) is 2. The van der Waals surface area contributed by atoms with Crippen molar-refractivity contribution in [1.82, 2.24) is 14.8 Å². The first-order chi connectivity index (χ1) is 14.7. The van der Waals surface area contributed by atoms with E-state index in [-0.39, 0.29) is 17.6 Å². The first-order valence-corrected chi connectivity index (χ1v) is 11.0. The Morgan fingerprint density at radius 3 is 2.70 bits per heavy atom. The number of carbonyl (C=O) groups excluding carboxylic acids is 1. The Morgan fingerprint density at radius 1 is 1.13 bits per heavy atom. The first-order valence-electron chi connectivity index (χ1n) is 11.0. The second-order valence-corrected chi connectivity index (χ2v) is 8.10. The van der Waals surface area contributed by atoms with E-state index in [1.807, 2.05) is 18.2 Å². The summed E-state index contributed by atoms with van der Waals surface area (Å²) < 4.78 is 16.2. The lowest BCUT2D eigenvalue weighted by molar-refractivity contribution is -0.121. The van der Waals surface area contributed by atoms with Crippen molar-refractivity contribution in [3.05, 3.63) is 71.7 Å². The van der Waals surface area contributed by atoms with Crippen molar-refractivity contribution in [2.45, 2.75) is 38.6 Å². The predicted molar refractivity (Wildman–Crippen MR) is 119 cm³/mol. The Bertz CT molecular complexity index is 1010. The summed E-state index contributed by atoms with van der Waals surface area (Å²) in [6, 6.07) is 14.9. The molecule has 2 aromatic carbocycles. The molecule has 2 heterocycles. The molecule has 0 saturated carbocycles. The fraction of sp³-hybridized carbons (Fsp3) is 0.400. The zero-order valence-electron chi connectivity index (χ0n) is 17.6. The molecule has 1 saturated heterocycles. The Hall–Kier alpha value is -2.66. The van der Waals surface area contributed by atoms with Crippen molar-refractivity contribution in [2.24, 2.45) is 0 Å². The number of para-hydroxylation sites is 1. The second-order valence-electron chi connectivity index (χ2n) is 8.10. The van der Waals surface area contributed by atoms with Gasteiger partial charge in [-0.05, 0) is 62.2 Å². The van der Waals surface area contributed by atoms with Gasteiger partial charge in [-0.2, -0.15) is 0 Å². The lowest BCUT2D eigenvalue weighted by Gasteiger charge is -2.19. The molecular formula is C25H30FN3O. The van der Waals surface area contributed by atoms with Crippen molar-refractivity contribution >= 4 is 16.8 Å². The van der Waals surface area contributed by atoms with E-state index in [1.54, 1.807) is 12.1 Å². The summed E-state index contributed by atoms with van der Waals surface area (Å²) in [5.41, 5.74) is 3.06. The van der Waals surface area contributed by atoms with Gasteiger partial charge in [-0.1, -0.05) is 30.3 Å². The molecule has 1 aromatic heterocycles. The molecule has 1 atom stereocenters. The molecule has 158 valence electrons. The Morgan fingerprint density at radius 2 is 1.93 bits per heavy atom. The third-order valence-electron chi connectivity index (χ3n) is 6.12. The van der Waals surface area contributed by atoms with Crippen molar-refractivity contribution in [3.63, 3.8) is 0 Å². The van der Waals surface area contributed by atoms with Crippen LogP contribution in [0.4, 0.5) is 4.39 Å². The van der Waals surface area contributed by atoms with Crippen LogP contribution in [0.2, 0.25) is 0 Å². The van der Waals surface area contributed by atoms with E-state index >= 15 is 0 Å². The van der Waals surface area contributed by atoms with Gasteiger partial charge in [0.1, 0.15) is 5.82 Å². The lowest BCUT2D eigenvalue weighted by atomic mass is 9.88. The van der Waals surface area contributed by atoms with Crippen LogP contribution in [0.3, 0.4) is 0 Å². The summed E-state index contributed by atoms with van der Waals surface area (Å²) in [7, 11) is 0. The van der Waals surface area contributed by atoms with Crippen LogP contribution >= 0.6 is 0 Å². The van der Waals surface area contributed by atoms with Crippen LogP contribution < -0.4 is 5.32 Å². The molecule has 0 aliphatic carbocycles. The minimum absolute atomic E-state index is 0.0109. The van der Waals surface area contributed by atoms with E-state index in [4.69, 9.17) is 0 Å². The topological polar surface area (TPSA) is 37.3 Å². The van der Waals surface area contributed by atoms with Crippen molar-refractivity contribution in [1.29, 1.82) is 0 Å². The highest BCUT2D eigenvalue weighted by atomic mass is 19.1. The van der Waals surface area contributed by atoms with Crippen molar-refractivity contribution < 1.29 is 9.18 Å². The number of halogens is 1. The fourth-order valence-electron chi connectivity index (χ4n) is 4.56. The maximum Gasteiger partial charge on any atom is 0.220 e. The van der Waals surface area contributed by atoms with E-state index in [9.17, 15) is 9.18 Å². The minimum Gasteiger partial charge on any atom is -0.355 e. The number of amides is 1. The van der Waals surface area contributed by atoms with Gasteiger partial charge >= 0.3 is 0 Å². The summed E-state index contributed by atoms with van der Waals surface area (Å²) in [5.74, 6) is -0.451. The summed E-state index contributed by atoms with van der Waals surface area (Å²) in [4.78, 5) is 15.2. The summed E-state index contributed by atoms with van der Waals surface area (Å²) in [5, 5.41) is 4.21. The lowest BCUT2D eigenvalue weighted by Crippen LogP contribution is -2.34. The van der Waals surface area contributed by atoms with Gasteiger partial charge in [0.25, 0.3) is 0 Å². The molecule has 4 rings (SSSR count). The zero-order chi connectivity index (χ0) is 20.9. The number of fused-ring (bicyclic) bond motifs is 1. The number of aryl methyl sites for hydroxylation is 1. The van der Waals surface area contributed by atoms with E-state index in [2.05, 4.69) is 40.0 Å². The SMILES string of the molecule is CCn1cc([C@@H](CC(=O)NCCN2CCCC2)c2cccc(F)c2)c2ccccc21. The molecule has 0 bridgehead atoms. The number of likely N-dealkylation sites (tertiary alicyclic amines) is 1. The highest BCUT2D eigenvalue weighted by Gasteiger charge is 2.23. The third kappa shape index (κ3) is 4.57. The third-order valence-corrected chi connectivity index (χ3v) is 6.12. The highest BCUT2D eigenvalue weighted by molar-refractivity contribution is 5.86. The number of nitrogens with zero attached hydrogens (tertiary/aromatic N) is 2. The van der Waals surface area contributed by atoms with Crippen molar-refractivity contribution in [3.8, 4) is 0 Å². The standard InChI is InChI=1S/C25H30FN3O/c1-2-29-18-23(21-10-3-4-11-24(21)29)22(19-8-7-9-20(26)16-19)17-25(30)27-12-15-28-13-5-6-14-28/h3-4,7-11,16,18,22H,2,5-6,12-15,17H2,1H3,(H,27,30)/t22-/m0/s1. The van der Waals surface area contributed by atoms with Crippen LogP contribution in [0.5, 0.6) is 0 Å². The number of carbonyl (C=O) groups is 1. The maximum absolute atomic E-state index is 14.0. The second kappa shape index (κ2) is 9.43. The monoisotopic (exact) mass is 407 g/mol. The highest BCUT2D eigenvalue weighted by Crippen LogP contribution is 2.35. The Balaban J connectivity index is 1.58. The molecule has 30 heavy (non-hydrogen) atoms. The fourth-order valence-corrected chi connectivity index (χ4v) is 4.56. The zero-order valence-corrected chi connectivity index (χ0v) is 17.6. The normalized spacial score (nSPS) is 15.5. The molecule has 0 spiro atoms. The van der Waals surface area contributed by atoms with E-state index in [1.165, 1.54) is 18.9 Å². The Labute approximate surface area is 177 Å². The van der Waals surface area contributed by atoms with Gasteiger partial charge < -0.3 is 14.8 Å². The maximum atomic E-state index is 14.0. The number of hydrogen-bond donors (Lipinski definition) is 1. The molecule has 0 radical (unpaired) electrons. The van der Waals surface area contributed by atoms with E-state index in [0.717, 1.165) is 48.2 Å². The molecule has 3 aromatic rings. The molecular weight excluding hydrogens is 377 g/mol. The molecule has 1 aliphatic heterocycles. The van der Waals surface area contributed by atoms with Crippen LogP contribution in [0.15, 0.2) is 54.7 Å². The van der Waals surface area contributed by atoms with Gasteiger partial charge in [-0.3, -0.25) is 4.79 Å². The quantitative estimate of drug-likeness (QED) is 0.596. The van der Waals surface area contributed by atoms with Crippen LogP contribution in [0, 0.1) is 5.82 Å². The summed E-state index contributed by atoms with van der Waals surface area (Å²) in [6.07, 6.45) is 4.92. The van der Waals surface area contributed by atoms with Gasteiger partial charge in [0, 0.05) is 49.1 Å². The number of aromatic nitrogens is 1. The van der Waals surface area contributed by atoms with Crippen molar-refractivity contribution in [2.75, 3.05) is 26.2 Å². The van der Waals surface area contributed by atoms with Crippen LogP contribution in [-0.4, -0.2) is 41.6 Å². The number of rotatable bonds is 8. The number of benzene rings is 2. The molecule has 1 N–H and O–H groups in total.